The largest absolute Gasteiger partial charge is 0.478 e. The molecule has 3 aromatic rings. The summed E-state index contributed by atoms with van der Waals surface area (Å²) in [5, 5.41) is 14.0. The topological polar surface area (TPSA) is 61.4 Å². The van der Waals surface area contributed by atoms with Crippen LogP contribution >= 0.6 is 24.2 Å². The minimum atomic E-state index is -0.850. The number of rotatable bonds is 6. The van der Waals surface area contributed by atoms with Gasteiger partial charge < -0.3 is 10.4 Å². The second kappa shape index (κ2) is 8.46. The maximum absolute atomic E-state index is 12.0. The first-order chi connectivity index (χ1) is 14.4. The van der Waals surface area contributed by atoms with Crippen LogP contribution < -0.4 is 10.0 Å². The summed E-state index contributed by atoms with van der Waals surface area (Å²) in [6.07, 6.45) is 2.86. The molecule has 1 heterocycles. The van der Waals surface area contributed by atoms with E-state index in [4.69, 9.17) is 0 Å². The lowest BCUT2D eigenvalue weighted by molar-refractivity contribution is 0.0696. The van der Waals surface area contributed by atoms with Gasteiger partial charge in [-0.2, -0.15) is 0 Å². The van der Waals surface area contributed by atoms with Crippen molar-refractivity contribution in [3.63, 3.8) is 0 Å². The van der Waals surface area contributed by atoms with Gasteiger partial charge in [0.1, 0.15) is 5.00 Å². The Kier molecular flexibility index (Phi) is 5.91. The Morgan fingerprint density at radius 1 is 1.17 bits per heavy atom. The van der Waals surface area contributed by atoms with Crippen LogP contribution in [-0.4, -0.2) is 11.1 Å². The van der Waals surface area contributed by atoms with Crippen LogP contribution in [0.25, 0.3) is 11.1 Å². The van der Waals surface area contributed by atoms with Gasteiger partial charge in [-0.15, -0.1) is 11.3 Å². The fraction of sp³-hybridized carbons (Fsp3) is 0.292. The van der Waals surface area contributed by atoms with E-state index in [-0.39, 0.29) is 5.41 Å². The highest BCUT2D eigenvalue weighted by atomic mass is 32.1. The van der Waals surface area contributed by atoms with Crippen LogP contribution in [-0.2, 0) is 19.4 Å². The van der Waals surface area contributed by atoms with Crippen molar-refractivity contribution in [3.8, 4) is 11.1 Å². The van der Waals surface area contributed by atoms with E-state index in [0.717, 1.165) is 46.6 Å². The zero-order chi connectivity index (χ0) is 21.3. The Labute approximate surface area is 186 Å². The molecule has 1 aliphatic carbocycles. The predicted molar refractivity (Wildman–Crippen MR) is 128 cm³/mol. The molecular formula is C24H26N2O2S2. The molecule has 4 rings (SSSR count). The number of hydrogen-bond acceptors (Lipinski definition) is 5. The Balaban J connectivity index is 1.62. The van der Waals surface area contributed by atoms with Gasteiger partial charge in [0, 0.05) is 17.1 Å². The smallest absolute Gasteiger partial charge is 0.339 e. The van der Waals surface area contributed by atoms with Gasteiger partial charge in [0.05, 0.1) is 5.56 Å². The van der Waals surface area contributed by atoms with Crippen LogP contribution in [0, 0.1) is 5.41 Å². The van der Waals surface area contributed by atoms with Crippen LogP contribution in [0.15, 0.2) is 48.5 Å². The molecule has 0 aliphatic heterocycles. The average molecular weight is 439 g/mol. The number of carboxylic acid groups (broad SMARTS) is 1. The van der Waals surface area contributed by atoms with Crippen molar-refractivity contribution in [1.82, 2.24) is 4.72 Å². The van der Waals surface area contributed by atoms with E-state index in [1.807, 2.05) is 24.3 Å². The van der Waals surface area contributed by atoms with Gasteiger partial charge >= 0.3 is 5.97 Å². The van der Waals surface area contributed by atoms with Gasteiger partial charge in [0.15, 0.2) is 0 Å². The lowest BCUT2D eigenvalue weighted by Crippen LogP contribution is -2.22. The Morgan fingerprint density at radius 3 is 2.60 bits per heavy atom. The lowest BCUT2D eigenvalue weighted by atomic mass is 9.76. The van der Waals surface area contributed by atoms with Crippen molar-refractivity contribution < 1.29 is 9.90 Å². The second-order valence-electron chi connectivity index (χ2n) is 8.55. The summed E-state index contributed by atoms with van der Waals surface area (Å²) < 4.78 is 2.91. The van der Waals surface area contributed by atoms with Crippen LogP contribution in [0.4, 0.5) is 10.7 Å². The van der Waals surface area contributed by atoms with Crippen LogP contribution in [0.1, 0.15) is 46.6 Å². The molecular weight excluding hydrogens is 412 g/mol. The highest BCUT2D eigenvalue weighted by molar-refractivity contribution is 7.78. The summed E-state index contributed by atoms with van der Waals surface area (Å²) in [4.78, 5) is 13.3. The number of carboxylic acids is 1. The quantitative estimate of drug-likeness (QED) is 0.341. The van der Waals surface area contributed by atoms with E-state index in [2.05, 4.69) is 61.0 Å². The zero-order valence-electron chi connectivity index (χ0n) is 17.2. The summed E-state index contributed by atoms with van der Waals surface area (Å²) >= 11 is 5.71. The van der Waals surface area contributed by atoms with Crippen molar-refractivity contribution >= 4 is 40.8 Å². The third-order valence-corrected chi connectivity index (χ3v) is 7.09. The van der Waals surface area contributed by atoms with E-state index in [9.17, 15) is 9.90 Å². The molecule has 0 atom stereocenters. The maximum Gasteiger partial charge on any atom is 0.339 e. The van der Waals surface area contributed by atoms with Crippen LogP contribution in [0.5, 0.6) is 0 Å². The van der Waals surface area contributed by atoms with E-state index >= 15 is 0 Å². The number of fused-ring (bicyclic) bond motifs is 1. The Hall–Kier alpha value is -2.28. The van der Waals surface area contributed by atoms with Gasteiger partial charge in [-0.05, 0) is 59.1 Å². The Morgan fingerprint density at radius 2 is 1.90 bits per heavy atom. The van der Waals surface area contributed by atoms with E-state index in [1.54, 1.807) is 11.3 Å². The molecule has 0 amide bonds. The standard InChI is InChI=1S/C24H26N2O2S2/c1-24(2)12-11-20-19(13-24)21(23(27)28)22(30-20)26-17-9-7-15(8-10-17)18-6-4-3-5-16(18)14-25-29/h3-10,25-26,29H,11-14H2,1-2H3,(H,27,28). The fourth-order valence-electron chi connectivity index (χ4n) is 4.14. The summed E-state index contributed by atoms with van der Waals surface area (Å²) in [7, 11) is 0. The number of aryl methyl sites for hydroxylation is 1. The number of carbonyl (C=O) groups is 1. The third kappa shape index (κ3) is 4.26. The van der Waals surface area contributed by atoms with E-state index in [1.165, 1.54) is 10.4 Å². The molecule has 0 saturated carbocycles. The summed E-state index contributed by atoms with van der Waals surface area (Å²) in [6.45, 7) is 5.11. The van der Waals surface area contributed by atoms with Crippen molar-refractivity contribution in [2.24, 2.45) is 5.41 Å². The number of aromatic carboxylic acids is 1. The van der Waals surface area contributed by atoms with Crippen LogP contribution in [0.3, 0.4) is 0 Å². The molecule has 3 N–H and O–H groups in total. The minimum Gasteiger partial charge on any atom is -0.478 e. The Bertz CT molecular complexity index is 1070. The molecule has 156 valence electrons. The van der Waals surface area contributed by atoms with E-state index in [0.29, 0.717) is 12.1 Å². The van der Waals surface area contributed by atoms with Gasteiger partial charge in [-0.25, -0.2) is 4.79 Å². The molecule has 0 fully saturated rings. The van der Waals surface area contributed by atoms with E-state index < -0.39 is 5.97 Å². The molecule has 30 heavy (non-hydrogen) atoms. The first-order valence-electron chi connectivity index (χ1n) is 10.1. The average Bonchev–Trinajstić information content (AvgIpc) is 3.05. The lowest BCUT2D eigenvalue weighted by Gasteiger charge is -2.29. The number of thiophene rings is 1. The molecule has 4 nitrogen and oxygen atoms in total. The monoisotopic (exact) mass is 438 g/mol. The van der Waals surface area contributed by atoms with Crippen molar-refractivity contribution in [1.29, 1.82) is 0 Å². The summed E-state index contributed by atoms with van der Waals surface area (Å²) in [6, 6.07) is 16.4. The molecule has 0 unspecified atom stereocenters. The highest BCUT2D eigenvalue weighted by Crippen LogP contribution is 2.44. The van der Waals surface area contributed by atoms with Crippen LogP contribution in [0.2, 0.25) is 0 Å². The van der Waals surface area contributed by atoms with Crippen molar-refractivity contribution in [2.75, 3.05) is 5.32 Å². The molecule has 0 bridgehead atoms. The third-order valence-electron chi connectivity index (χ3n) is 5.73. The molecule has 6 heteroatoms. The normalized spacial score (nSPS) is 14.9. The SMILES string of the molecule is CC1(C)CCc2sc(Nc3ccc(-c4ccccc4CNS)cc3)c(C(=O)O)c2C1. The number of anilines is 2. The molecule has 0 spiro atoms. The van der Waals surface area contributed by atoms with Gasteiger partial charge in [0.2, 0.25) is 0 Å². The summed E-state index contributed by atoms with van der Waals surface area (Å²) in [5.74, 6) is -0.850. The summed E-state index contributed by atoms with van der Waals surface area (Å²) in [5.41, 5.74) is 5.94. The number of hydrogen-bond donors (Lipinski definition) is 4. The number of thiol groups is 1. The molecule has 1 aliphatic rings. The van der Waals surface area contributed by atoms with Crippen molar-refractivity contribution in [3.05, 3.63) is 70.1 Å². The minimum absolute atomic E-state index is 0.145. The fourth-order valence-corrected chi connectivity index (χ4v) is 5.54. The number of benzene rings is 2. The molecule has 0 saturated heterocycles. The van der Waals surface area contributed by atoms with Gasteiger partial charge in [-0.3, -0.25) is 4.72 Å². The first-order valence-corrected chi connectivity index (χ1v) is 11.3. The predicted octanol–water partition coefficient (Wildman–Crippen LogP) is 6.31. The first kappa shape index (κ1) is 21.0. The van der Waals surface area contributed by atoms with Gasteiger partial charge in [0.25, 0.3) is 0 Å². The molecule has 0 radical (unpaired) electrons. The molecule has 2 aromatic carbocycles. The second-order valence-corrected chi connectivity index (χ2v) is 9.97. The maximum atomic E-state index is 12.0. The van der Waals surface area contributed by atoms with Crippen molar-refractivity contribution in [2.45, 2.75) is 39.7 Å². The molecule has 1 aromatic heterocycles. The van der Waals surface area contributed by atoms with Gasteiger partial charge in [-0.1, -0.05) is 63.1 Å². The zero-order valence-corrected chi connectivity index (χ0v) is 18.9. The number of nitrogens with one attached hydrogen (secondary N) is 2. The highest BCUT2D eigenvalue weighted by Gasteiger charge is 2.32.